The van der Waals surface area contributed by atoms with E-state index in [2.05, 4.69) is 5.32 Å². The summed E-state index contributed by atoms with van der Waals surface area (Å²) in [6, 6.07) is 16.0. The van der Waals surface area contributed by atoms with E-state index in [9.17, 15) is 22.0 Å². The van der Waals surface area contributed by atoms with E-state index in [0.717, 1.165) is 46.3 Å². The van der Waals surface area contributed by atoms with Crippen molar-refractivity contribution in [1.29, 1.82) is 0 Å². The molecule has 1 atom stereocenters. The molecular weight excluding hydrogens is 474 g/mol. The molecule has 1 amide bonds. The summed E-state index contributed by atoms with van der Waals surface area (Å²) in [5, 5.41) is 2.93. The van der Waals surface area contributed by atoms with Crippen molar-refractivity contribution in [2.75, 3.05) is 18.0 Å². The van der Waals surface area contributed by atoms with Crippen molar-refractivity contribution in [3.05, 3.63) is 90.0 Å². The van der Waals surface area contributed by atoms with Crippen LogP contribution in [0.5, 0.6) is 5.75 Å². The van der Waals surface area contributed by atoms with Crippen LogP contribution in [0.1, 0.15) is 31.9 Å². The predicted molar refractivity (Wildman–Crippen MR) is 131 cm³/mol. The maximum atomic E-state index is 13.5. The number of carbonyl (C=O) groups is 1. The third-order valence-electron chi connectivity index (χ3n) is 5.36. The van der Waals surface area contributed by atoms with Gasteiger partial charge in [-0.1, -0.05) is 26.0 Å². The molecule has 6 nitrogen and oxygen atoms in total. The zero-order valence-corrected chi connectivity index (χ0v) is 20.6. The standard InChI is InChI=1S/C26H28F2N2O4S/c1-18(2)16-25(19-4-12-23(34-3)13-5-19)29-26(31)17-30(22-10-6-20(27)7-11-22)35(32,33)24-14-8-21(28)9-15-24/h4-15,18,25H,16-17H2,1-3H3,(H,29,31). The number of hydrogen-bond donors (Lipinski definition) is 1. The van der Waals surface area contributed by atoms with Crippen LogP contribution in [-0.4, -0.2) is 28.0 Å². The molecule has 0 aromatic heterocycles. The minimum atomic E-state index is -4.24. The molecule has 0 radical (unpaired) electrons. The Morgan fingerprint density at radius 1 is 0.914 bits per heavy atom. The smallest absolute Gasteiger partial charge is 0.264 e. The van der Waals surface area contributed by atoms with Gasteiger partial charge in [0.1, 0.15) is 23.9 Å². The summed E-state index contributed by atoms with van der Waals surface area (Å²) in [7, 11) is -2.68. The van der Waals surface area contributed by atoms with Crippen LogP contribution in [0, 0.1) is 17.6 Å². The molecule has 186 valence electrons. The maximum Gasteiger partial charge on any atom is 0.264 e. The summed E-state index contributed by atoms with van der Waals surface area (Å²) < 4.78 is 59.8. The number of hydrogen-bond acceptors (Lipinski definition) is 4. The first-order valence-electron chi connectivity index (χ1n) is 11.1. The van der Waals surface area contributed by atoms with Crippen molar-refractivity contribution in [1.82, 2.24) is 5.32 Å². The van der Waals surface area contributed by atoms with Gasteiger partial charge in [-0.2, -0.15) is 0 Å². The van der Waals surface area contributed by atoms with Gasteiger partial charge in [-0.05, 0) is 78.6 Å². The minimum absolute atomic E-state index is 0.107. The van der Waals surface area contributed by atoms with E-state index in [0.29, 0.717) is 12.2 Å². The van der Waals surface area contributed by atoms with Gasteiger partial charge in [0, 0.05) is 0 Å². The number of ether oxygens (including phenoxy) is 1. The van der Waals surface area contributed by atoms with Gasteiger partial charge in [0.15, 0.2) is 0 Å². The minimum Gasteiger partial charge on any atom is -0.497 e. The quantitative estimate of drug-likeness (QED) is 0.420. The number of rotatable bonds is 10. The first-order valence-corrected chi connectivity index (χ1v) is 12.5. The zero-order valence-electron chi connectivity index (χ0n) is 19.7. The van der Waals surface area contributed by atoms with E-state index < -0.39 is 34.1 Å². The molecule has 0 saturated heterocycles. The molecule has 0 aliphatic heterocycles. The van der Waals surface area contributed by atoms with E-state index >= 15 is 0 Å². The van der Waals surface area contributed by atoms with E-state index in [1.807, 2.05) is 26.0 Å². The fourth-order valence-corrected chi connectivity index (χ4v) is 5.03. The Bertz CT molecular complexity index is 1230. The summed E-state index contributed by atoms with van der Waals surface area (Å²) in [5.41, 5.74) is 0.957. The lowest BCUT2D eigenvalue weighted by atomic mass is 9.97. The lowest BCUT2D eigenvalue weighted by Gasteiger charge is -2.26. The van der Waals surface area contributed by atoms with Crippen LogP contribution < -0.4 is 14.4 Å². The van der Waals surface area contributed by atoms with Crippen LogP contribution in [0.4, 0.5) is 14.5 Å². The molecule has 3 aromatic carbocycles. The predicted octanol–water partition coefficient (Wildman–Crippen LogP) is 5.07. The Morgan fingerprint density at radius 3 is 1.97 bits per heavy atom. The van der Waals surface area contributed by atoms with Gasteiger partial charge in [0.25, 0.3) is 10.0 Å². The summed E-state index contributed by atoms with van der Waals surface area (Å²) in [4.78, 5) is 12.9. The highest BCUT2D eigenvalue weighted by molar-refractivity contribution is 7.92. The summed E-state index contributed by atoms with van der Waals surface area (Å²) in [5.74, 6) is -0.754. The number of benzene rings is 3. The van der Waals surface area contributed by atoms with E-state index in [1.165, 1.54) is 12.1 Å². The van der Waals surface area contributed by atoms with Gasteiger partial charge in [-0.3, -0.25) is 9.10 Å². The van der Waals surface area contributed by atoms with Crippen LogP contribution in [-0.2, 0) is 14.8 Å². The lowest BCUT2D eigenvalue weighted by Crippen LogP contribution is -2.42. The van der Waals surface area contributed by atoms with Gasteiger partial charge < -0.3 is 10.1 Å². The number of carbonyl (C=O) groups excluding carboxylic acids is 1. The maximum absolute atomic E-state index is 13.5. The molecule has 0 saturated carbocycles. The molecule has 0 heterocycles. The molecule has 3 rings (SSSR count). The van der Waals surface area contributed by atoms with Crippen molar-refractivity contribution in [3.8, 4) is 5.75 Å². The first-order chi connectivity index (χ1) is 16.6. The lowest BCUT2D eigenvalue weighted by molar-refractivity contribution is -0.120. The normalized spacial score (nSPS) is 12.3. The average Bonchev–Trinajstić information content (AvgIpc) is 2.83. The van der Waals surface area contributed by atoms with Crippen molar-refractivity contribution >= 4 is 21.6 Å². The Labute approximate surface area is 204 Å². The molecule has 35 heavy (non-hydrogen) atoms. The molecule has 0 spiro atoms. The van der Waals surface area contributed by atoms with Crippen LogP contribution >= 0.6 is 0 Å². The third kappa shape index (κ3) is 6.79. The highest BCUT2D eigenvalue weighted by Crippen LogP contribution is 2.26. The number of sulfonamides is 1. The van der Waals surface area contributed by atoms with E-state index in [1.54, 1.807) is 19.2 Å². The largest absolute Gasteiger partial charge is 0.497 e. The van der Waals surface area contributed by atoms with Gasteiger partial charge in [-0.25, -0.2) is 17.2 Å². The first kappa shape index (κ1) is 26.2. The van der Waals surface area contributed by atoms with Gasteiger partial charge in [0.2, 0.25) is 5.91 Å². The molecule has 1 N–H and O–H groups in total. The van der Waals surface area contributed by atoms with Crippen LogP contribution in [0.3, 0.4) is 0 Å². The average molecular weight is 503 g/mol. The SMILES string of the molecule is COc1ccc(C(CC(C)C)NC(=O)CN(c2ccc(F)cc2)S(=O)(=O)c2ccc(F)cc2)cc1. The van der Waals surface area contributed by atoms with Crippen LogP contribution in [0.25, 0.3) is 0 Å². The number of amides is 1. The molecule has 0 aliphatic carbocycles. The van der Waals surface area contributed by atoms with Crippen molar-refractivity contribution < 1.29 is 26.7 Å². The third-order valence-corrected chi connectivity index (χ3v) is 7.15. The number of nitrogens with zero attached hydrogens (tertiary/aromatic N) is 1. The van der Waals surface area contributed by atoms with Gasteiger partial charge in [0.05, 0.1) is 23.7 Å². The van der Waals surface area contributed by atoms with Crippen LogP contribution in [0.2, 0.25) is 0 Å². The Morgan fingerprint density at radius 2 is 1.46 bits per heavy atom. The van der Waals surface area contributed by atoms with Gasteiger partial charge >= 0.3 is 0 Å². The Kier molecular flexibility index (Phi) is 8.45. The van der Waals surface area contributed by atoms with Crippen molar-refractivity contribution in [2.24, 2.45) is 5.92 Å². The monoisotopic (exact) mass is 502 g/mol. The molecular formula is C26H28F2N2O4S. The number of halogens is 2. The second kappa shape index (κ2) is 11.3. The van der Waals surface area contributed by atoms with E-state index in [-0.39, 0.29) is 22.5 Å². The summed E-state index contributed by atoms with van der Waals surface area (Å²) in [6.45, 7) is 3.50. The van der Waals surface area contributed by atoms with E-state index in [4.69, 9.17) is 4.74 Å². The molecule has 3 aromatic rings. The molecule has 0 fully saturated rings. The van der Waals surface area contributed by atoms with Gasteiger partial charge in [-0.15, -0.1) is 0 Å². The molecule has 0 bridgehead atoms. The number of nitrogens with one attached hydrogen (secondary N) is 1. The van der Waals surface area contributed by atoms with Crippen LogP contribution in [0.15, 0.2) is 77.7 Å². The highest BCUT2D eigenvalue weighted by atomic mass is 32.2. The Hall–Kier alpha value is -3.46. The highest BCUT2D eigenvalue weighted by Gasteiger charge is 2.28. The Balaban J connectivity index is 1.91. The second-order valence-electron chi connectivity index (χ2n) is 8.46. The summed E-state index contributed by atoms with van der Waals surface area (Å²) >= 11 is 0. The zero-order chi connectivity index (χ0) is 25.6. The topological polar surface area (TPSA) is 75.7 Å². The van der Waals surface area contributed by atoms with Crippen molar-refractivity contribution in [3.63, 3.8) is 0 Å². The molecule has 0 aliphatic rings. The van der Waals surface area contributed by atoms with Crippen molar-refractivity contribution in [2.45, 2.75) is 31.2 Å². The number of anilines is 1. The fourth-order valence-electron chi connectivity index (χ4n) is 3.61. The molecule has 1 unspecified atom stereocenters. The fraction of sp³-hybridized carbons (Fsp3) is 0.269. The second-order valence-corrected chi connectivity index (χ2v) is 10.3. The number of methoxy groups -OCH3 is 1. The summed E-state index contributed by atoms with van der Waals surface area (Å²) in [6.07, 6.45) is 0.624. The molecule has 9 heteroatoms.